The molecule has 5 nitrogen and oxygen atoms in total. The summed E-state index contributed by atoms with van der Waals surface area (Å²) < 4.78 is 0. The summed E-state index contributed by atoms with van der Waals surface area (Å²) in [4.78, 5) is 15.9. The lowest BCUT2D eigenvalue weighted by Crippen LogP contribution is -2.48. The first-order valence-corrected chi connectivity index (χ1v) is 9.07. The van der Waals surface area contributed by atoms with E-state index in [9.17, 15) is 4.79 Å². The Kier molecular flexibility index (Phi) is 5.13. The number of nitrogens with zero attached hydrogens (tertiary/aromatic N) is 2. The van der Waals surface area contributed by atoms with Gasteiger partial charge < -0.3 is 5.32 Å². The molecule has 0 saturated carbocycles. The van der Waals surface area contributed by atoms with Crippen LogP contribution >= 0.6 is 11.3 Å². The van der Waals surface area contributed by atoms with Crippen molar-refractivity contribution in [2.45, 2.75) is 45.2 Å². The lowest BCUT2D eigenvalue weighted by atomic mass is 9.93. The van der Waals surface area contributed by atoms with Gasteiger partial charge in [-0.25, -0.2) is 0 Å². The van der Waals surface area contributed by atoms with Crippen LogP contribution in [0.3, 0.4) is 0 Å². The minimum atomic E-state index is -0.0993. The van der Waals surface area contributed by atoms with Crippen LogP contribution in [-0.4, -0.2) is 40.1 Å². The normalized spacial score (nSPS) is 20.3. The highest BCUT2D eigenvalue weighted by molar-refractivity contribution is 7.09. The summed E-state index contributed by atoms with van der Waals surface area (Å²) in [7, 11) is 0. The average Bonchev–Trinajstić information content (AvgIpc) is 3.23. The van der Waals surface area contributed by atoms with Gasteiger partial charge in [0.15, 0.2) is 0 Å². The van der Waals surface area contributed by atoms with E-state index in [2.05, 4.69) is 26.5 Å². The number of hydrogen-bond acceptors (Lipinski definition) is 4. The summed E-state index contributed by atoms with van der Waals surface area (Å²) in [5, 5.41) is 12.5. The SMILES string of the molecule is Cc1cc([C@H]2CCCN([C@@H](C)C(=O)NCc3cccs3)C2)n[nH]1. The van der Waals surface area contributed by atoms with Crippen LogP contribution in [0.1, 0.15) is 41.9 Å². The summed E-state index contributed by atoms with van der Waals surface area (Å²) in [6.07, 6.45) is 2.25. The molecular weight excluding hydrogens is 308 g/mol. The Balaban J connectivity index is 1.55. The van der Waals surface area contributed by atoms with Crippen LogP contribution in [0, 0.1) is 6.92 Å². The van der Waals surface area contributed by atoms with Crippen molar-refractivity contribution in [1.82, 2.24) is 20.4 Å². The summed E-state index contributed by atoms with van der Waals surface area (Å²) >= 11 is 1.67. The second kappa shape index (κ2) is 7.27. The van der Waals surface area contributed by atoms with E-state index in [0.29, 0.717) is 12.5 Å². The standard InChI is InChI=1S/C17H24N4OS/c1-12-9-16(20-19-12)14-5-3-7-21(11-14)13(2)17(22)18-10-15-6-4-8-23-15/h4,6,8-9,13-14H,3,5,7,10-11H2,1-2H3,(H,18,22)(H,19,20)/t13-,14-/m0/s1. The molecule has 1 aliphatic rings. The lowest BCUT2D eigenvalue weighted by molar-refractivity contribution is -0.126. The molecule has 1 aliphatic heterocycles. The molecule has 2 atom stereocenters. The Morgan fingerprint density at radius 1 is 1.61 bits per heavy atom. The predicted octanol–water partition coefficient (Wildman–Crippen LogP) is 2.66. The summed E-state index contributed by atoms with van der Waals surface area (Å²) in [5.41, 5.74) is 2.22. The van der Waals surface area contributed by atoms with Crippen molar-refractivity contribution >= 4 is 17.2 Å². The summed E-state index contributed by atoms with van der Waals surface area (Å²) in [6.45, 7) is 6.53. The van der Waals surface area contributed by atoms with Crippen molar-refractivity contribution in [3.05, 3.63) is 39.8 Å². The van der Waals surface area contributed by atoms with Crippen LogP contribution in [0.4, 0.5) is 0 Å². The average molecular weight is 332 g/mol. The number of carbonyl (C=O) groups excluding carboxylic acids is 1. The number of amides is 1. The molecular formula is C17H24N4OS. The second-order valence-corrected chi connectivity index (χ2v) is 7.32. The van der Waals surface area contributed by atoms with Crippen molar-refractivity contribution in [3.8, 4) is 0 Å². The van der Waals surface area contributed by atoms with Crippen LogP contribution in [0.15, 0.2) is 23.6 Å². The van der Waals surface area contributed by atoms with E-state index in [4.69, 9.17) is 0 Å². The number of rotatable bonds is 5. The van der Waals surface area contributed by atoms with E-state index in [1.54, 1.807) is 11.3 Å². The van der Waals surface area contributed by atoms with Crippen molar-refractivity contribution in [2.75, 3.05) is 13.1 Å². The van der Waals surface area contributed by atoms with Crippen LogP contribution in [0.25, 0.3) is 0 Å². The molecule has 0 spiro atoms. The van der Waals surface area contributed by atoms with Crippen molar-refractivity contribution in [3.63, 3.8) is 0 Å². The van der Waals surface area contributed by atoms with E-state index in [1.807, 2.05) is 31.4 Å². The first-order valence-electron chi connectivity index (χ1n) is 8.19. The molecule has 0 aromatic carbocycles. The van der Waals surface area contributed by atoms with E-state index in [0.717, 1.165) is 37.3 Å². The Morgan fingerprint density at radius 2 is 2.48 bits per heavy atom. The second-order valence-electron chi connectivity index (χ2n) is 6.28. The monoisotopic (exact) mass is 332 g/mol. The molecule has 3 heterocycles. The number of aromatic nitrogens is 2. The molecule has 23 heavy (non-hydrogen) atoms. The summed E-state index contributed by atoms with van der Waals surface area (Å²) in [5.74, 6) is 0.526. The maximum Gasteiger partial charge on any atom is 0.237 e. The molecule has 1 saturated heterocycles. The van der Waals surface area contributed by atoms with Gasteiger partial charge in [-0.3, -0.25) is 14.8 Å². The van der Waals surface area contributed by atoms with Crippen LogP contribution in [-0.2, 0) is 11.3 Å². The zero-order valence-electron chi connectivity index (χ0n) is 13.7. The minimum Gasteiger partial charge on any atom is -0.350 e. The molecule has 6 heteroatoms. The van der Waals surface area contributed by atoms with Gasteiger partial charge in [0.25, 0.3) is 0 Å². The van der Waals surface area contributed by atoms with Gasteiger partial charge in [-0.2, -0.15) is 5.10 Å². The quantitative estimate of drug-likeness (QED) is 0.885. The van der Waals surface area contributed by atoms with Crippen LogP contribution in [0.2, 0.25) is 0 Å². The molecule has 2 aromatic heterocycles. The first-order chi connectivity index (χ1) is 11.1. The minimum absolute atomic E-state index is 0.0993. The topological polar surface area (TPSA) is 61.0 Å². The third-order valence-corrected chi connectivity index (χ3v) is 5.42. The third-order valence-electron chi connectivity index (χ3n) is 4.54. The highest BCUT2D eigenvalue weighted by Gasteiger charge is 2.29. The zero-order valence-corrected chi connectivity index (χ0v) is 14.5. The number of nitrogens with one attached hydrogen (secondary N) is 2. The van der Waals surface area contributed by atoms with Gasteiger partial charge in [0.05, 0.1) is 18.3 Å². The van der Waals surface area contributed by atoms with Crippen molar-refractivity contribution in [1.29, 1.82) is 0 Å². The number of H-pyrrole nitrogens is 1. The molecule has 0 aliphatic carbocycles. The number of hydrogen-bond donors (Lipinski definition) is 2. The largest absolute Gasteiger partial charge is 0.350 e. The number of thiophene rings is 1. The number of likely N-dealkylation sites (tertiary alicyclic amines) is 1. The van der Waals surface area contributed by atoms with Gasteiger partial charge >= 0.3 is 0 Å². The fourth-order valence-electron chi connectivity index (χ4n) is 3.15. The highest BCUT2D eigenvalue weighted by Crippen LogP contribution is 2.27. The van der Waals surface area contributed by atoms with E-state index < -0.39 is 0 Å². The predicted molar refractivity (Wildman–Crippen MR) is 92.5 cm³/mol. The fourth-order valence-corrected chi connectivity index (χ4v) is 3.79. The maximum atomic E-state index is 12.4. The van der Waals surface area contributed by atoms with Crippen LogP contribution < -0.4 is 5.32 Å². The van der Waals surface area contributed by atoms with Crippen molar-refractivity contribution in [2.24, 2.45) is 0 Å². The van der Waals surface area contributed by atoms with Crippen LogP contribution in [0.5, 0.6) is 0 Å². The fraction of sp³-hybridized carbons (Fsp3) is 0.529. The van der Waals surface area contributed by atoms with Gasteiger partial charge in [-0.15, -0.1) is 11.3 Å². The number of aromatic amines is 1. The molecule has 1 fully saturated rings. The number of piperidine rings is 1. The maximum absolute atomic E-state index is 12.4. The van der Waals surface area contributed by atoms with E-state index in [-0.39, 0.29) is 11.9 Å². The molecule has 124 valence electrons. The Hall–Kier alpha value is -1.66. The molecule has 3 rings (SSSR count). The Labute approximate surface area is 141 Å². The van der Waals surface area contributed by atoms with Crippen molar-refractivity contribution < 1.29 is 4.79 Å². The van der Waals surface area contributed by atoms with Gasteiger partial charge in [-0.05, 0) is 50.7 Å². The molecule has 0 unspecified atom stereocenters. The summed E-state index contributed by atoms with van der Waals surface area (Å²) in [6, 6.07) is 6.08. The van der Waals surface area contributed by atoms with Gasteiger partial charge in [0.2, 0.25) is 5.91 Å². The van der Waals surface area contributed by atoms with E-state index in [1.165, 1.54) is 4.88 Å². The third kappa shape index (κ3) is 4.00. The number of aryl methyl sites for hydroxylation is 1. The molecule has 2 N–H and O–H groups in total. The Bertz CT molecular complexity index is 637. The zero-order chi connectivity index (χ0) is 16.2. The molecule has 2 aromatic rings. The molecule has 0 radical (unpaired) electrons. The van der Waals surface area contributed by atoms with E-state index >= 15 is 0 Å². The Morgan fingerprint density at radius 3 is 3.17 bits per heavy atom. The lowest BCUT2D eigenvalue weighted by Gasteiger charge is -2.35. The smallest absolute Gasteiger partial charge is 0.237 e. The first kappa shape index (κ1) is 16.2. The number of carbonyl (C=O) groups is 1. The highest BCUT2D eigenvalue weighted by atomic mass is 32.1. The molecule has 1 amide bonds. The van der Waals surface area contributed by atoms with Gasteiger partial charge in [0, 0.05) is 23.0 Å². The van der Waals surface area contributed by atoms with Gasteiger partial charge in [0.1, 0.15) is 0 Å². The van der Waals surface area contributed by atoms with Gasteiger partial charge in [-0.1, -0.05) is 6.07 Å². The molecule has 0 bridgehead atoms.